The molecule has 0 spiro atoms. The summed E-state index contributed by atoms with van der Waals surface area (Å²) in [6, 6.07) is 17.2. The number of aliphatic hydroxyl groups excluding tert-OH is 1. The first-order valence-electron chi connectivity index (χ1n) is 14.2. The van der Waals surface area contributed by atoms with E-state index < -0.39 is 29.6 Å². The number of carbonyl (C=O) groups is 1. The molecule has 5 aromatic rings. The average Bonchev–Trinajstić information content (AvgIpc) is 3.34. The number of aromatic carboxylic acids is 1. The smallest absolute Gasteiger partial charge is 0.416 e. The molecule has 2 unspecified atom stereocenters. The highest BCUT2D eigenvalue weighted by Crippen LogP contribution is 2.35. The van der Waals surface area contributed by atoms with E-state index in [9.17, 15) is 28.2 Å². The summed E-state index contributed by atoms with van der Waals surface area (Å²) < 4.78 is 41.6. The van der Waals surface area contributed by atoms with Crippen molar-refractivity contribution in [1.82, 2.24) is 24.5 Å². The molecule has 226 valence electrons. The van der Waals surface area contributed by atoms with E-state index in [1.54, 1.807) is 28.8 Å². The molecule has 0 amide bonds. The van der Waals surface area contributed by atoms with Crippen molar-refractivity contribution in [2.45, 2.75) is 51.1 Å². The Morgan fingerprint density at radius 2 is 1.75 bits per heavy atom. The fourth-order valence-corrected chi connectivity index (χ4v) is 5.40. The molecule has 12 heteroatoms. The minimum Gasteiger partial charge on any atom is -0.475 e. The fourth-order valence-electron chi connectivity index (χ4n) is 5.40. The molecule has 3 N–H and O–H groups in total. The number of rotatable bonds is 9. The van der Waals surface area contributed by atoms with E-state index in [0.717, 1.165) is 31.4 Å². The van der Waals surface area contributed by atoms with Crippen LogP contribution in [-0.4, -0.2) is 46.7 Å². The molecule has 9 nitrogen and oxygen atoms in total. The highest BCUT2D eigenvalue weighted by atomic mass is 19.4. The minimum atomic E-state index is -4.48. The molecule has 1 aliphatic carbocycles. The van der Waals surface area contributed by atoms with Crippen molar-refractivity contribution < 1.29 is 28.2 Å². The number of hydrogen-bond donors (Lipinski definition) is 3. The first kappa shape index (κ1) is 29.2. The fraction of sp³-hybridized carbons (Fsp3) is 0.281. The molecule has 0 aliphatic heterocycles. The van der Waals surface area contributed by atoms with Crippen LogP contribution < -0.4 is 5.32 Å². The van der Waals surface area contributed by atoms with Crippen molar-refractivity contribution in [3.8, 4) is 11.5 Å². The Morgan fingerprint density at radius 1 is 1.02 bits per heavy atom. The van der Waals surface area contributed by atoms with Gasteiger partial charge >= 0.3 is 12.1 Å². The van der Waals surface area contributed by atoms with Crippen LogP contribution in [0.15, 0.2) is 72.9 Å². The van der Waals surface area contributed by atoms with Crippen molar-refractivity contribution in [3.05, 3.63) is 101 Å². The van der Waals surface area contributed by atoms with Crippen LogP contribution in [0.4, 0.5) is 19.0 Å². The highest BCUT2D eigenvalue weighted by molar-refractivity contribution is 5.92. The van der Waals surface area contributed by atoms with Crippen LogP contribution >= 0.6 is 0 Å². The molecule has 3 aromatic heterocycles. The summed E-state index contributed by atoms with van der Waals surface area (Å²) in [6.07, 6.45) is -0.723. The Hall–Kier alpha value is -4.84. The van der Waals surface area contributed by atoms with Crippen LogP contribution in [-0.2, 0) is 12.7 Å². The predicted octanol–water partition coefficient (Wildman–Crippen LogP) is 6.34. The Morgan fingerprint density at radius 3 is 2.39 bits per heavy atom. The van der Waals surface area contributed by atoms with E-state index in [4.69, 9.17) is 0 Å². The zero-order valence-electron chi connectivity index (χ0n) is 23.7. The van der Waals surface area contributed by atoms with Gasteiger partial charge in [0.15, 0.2) is 17.3 Å². The monoisotopic (exact) mass is 602 g/mol. The molecule has 2 atom stereocenters. The second-order valence-corrected chi connectivity index (χ2v) is 11.0. The van der Waals surface area contributed by atoms with Gasteiger partial charge in [-0.1, -0.05) is 48.9 Å². The number of alkyl halides is 3. The largest absolute Gasteiger partial charge is 0.475 e. The molecular formula is C32H29F3N6O3. The summed E-state index contributed by atoms with van der Waals surface area (Å²) in [7, 11) is 0. The Balaban J connectivity index is 1.51. The van der Waals surface area contributed by atoms with Crippen LogP contribution in [0.2, 0.25) is 0 Å². The first-order chi connectivity index (χ1) is 21.1. The third-order valence-electron chi connectivity index (χ3n) is 8.08. The molecule has 1 fully saturated rings. The number of pyridine rings is 1. The van der Waals surface area contributed by atoms with Crippen molar-refractivity contribution in [2.24, 2.45) is 5.92 Å². The lowest BCUT2D eigenvalue weighted by atomic mass is 9.80. The molecule has 0 bridgehead atoms. The third kappa shape index (κ3) is 5.85. The number of imidazole rings is 1. The van der Waals surface area contributed by atoms with Crippen LogP contribution in [0, 0.1) is 5.92 Å². The summed E-state index contributed by atoms with van der Waals surface area (Å²) in [6.45, 7) is 2.07. The highest BCUT2D eigenvalue weighted by Gasteiger charge is 2.31. The number of aliphatic hydroxyl groups is 1. The van der Waals surface area contributed by atoms with Crippen molar-refractivity contribution in [1.29, 1.82) is 0 Å². The number of fused-ring (bicyclic) bond motifs is 1. The SMILES string of the molecule is CC(Nc1nc(C(=O)O)nc2nc(-c3cc(C(O)c4ccccc4)ccn3)n(Cc3ccc(C(F)(F)F)cc3)c12)C1CCC1. The van der Waals surface area contributed by atoms with E-state index in [1.165, 1.54) is 18.3 Å². The maximum Gasteiger partial charge on any atom is 0.416 e. The Kier molecular flexibility index (Phi) is 7.76. The van der Waals surface area contributed by atoms with E-state index in [0.29, 0.717) is 33.8 Å². The molecule has 0 radical (unpaired) electrons. The van der Waals surface area contributed by atoms with Gasteiger partial charge in [-0.3, -0.25) is 4.98 Å². The second-order valence-electron chi connectivity index (χ2n) is 11.0. The minimum absolute atomic E-state index is 0.0242. The quantitative estimate of drug-likeness (QED) is 0.179. The van der Waals surface area contributed by atoms with Gasteiger partial charge in [0.25, 0.3) is 0 Å². The Bertz CT molecular complexity index is 1800. The van der Waals surface area contributed by atoms with Gasteiger partial charge in [0.1, 0.15) is 17.3 Å². The van der Waals surface area contributed by atoms with E-state index in [-0.39, 0.29) is 29.9 Å². The number of anilines is 1. The zero-order chi connectivity index (χ0) is 31.0. The summed E-state index contributed by atoms with van der Waals surface area (Å²) >= 11 is 0. The van der Waals surface area contributed by atoms with Gasteiger partial charge in [-0.25, -0.2) is 19.7 Å². The van der Waals surface area contributed by atoms with E-state index in [1.807, 2.05) is 25.1 Å². The van der Waals surface area contributed by atoms with Crippen molar-refractivity contribution >= 4 is 23.0 Å². The van der Waals surface area contributed by atoms with E-state index in [2.05, 4.69) is 25.3 Å². The number of aromatic nitrogens is 5. The number of benzene rings is 2. The Labute approximate surface area is 250 Å². The van der Waals surface area contributed by atoms with Crippen LogP contribution in [0.3, 0.4) is 0 Å². The van der Waals surface area contributed by atoms with Crippen LogP contribution in [0.25, 0.3) is 22.7 Å². The van der Waals surface area contributed by atoms with Gasteiger partial charge in [0.05, 0.1) is 5.56 Å². The van der Waals surface area contributed by atoms with Crippen molar-refractivity contribution in [2.75, 3.05) is 5.32 Å². The topological polar surface area (TPSA) is 126 Å². The van der Waals surface area contributed by atoms with Gasteiger partial charge in [-0.2, -0.15) is 13.2 Å². The van der Waals surface area contributed by atoms with Gasteiger partial charge in [0, 0.05) is 18.8 Å². The van der Waals surface area contributed by atoms with E-state index >= 15 is 0 Å². The maximum atomic E-state index is 13.3. The van der Waals surface area contributed by atoms with Gasteiger partial charge in [0.2, 0.25) is 5.82 Å². The molecule has 44 heavy (non-hydrogen) atoms. The number of carboxylic acid groups (broad SMARTS) is 1. The molecule has 3 heterocycles. The molecule has 6 rings (SSSR count). The van der Waals surface area contributed by atoms with Gasteiger partial charge < -0.3 is 20.1 Å². The van der Waals surface area contributed by atoms with Crippen molar-refractivity contribution in [3.63, 3.8) is 0 Å². The molecule has 1 aliphatic rings. The number of nitrogens with zero attached hydrogens (tertiary/aromatic N) is 5. The normalized spacial score (nSPS) is 15.1. The summed E-state index contributed by atoms with van der Waals surface area (Å²) in [5.41, 5.74) is 1.84. The first-order valence-corrected chi connectivity index (χ1v) is 14.2. The number of hydrogen-bond acceptors (Lipinski definition) is 7. The van der Waals surface area contributed by atoms with Gasteiger partial charge in [-0.05, 0) is 66.6 Å². The summed E-state index contributed by atoms with van der Waals surface area (Å²) in [5, 5.41) is 24.2. The lowest BCUT2D eigenvalue weighted by Gasteiger charge is -2.32. The zero-order valence-corrected chi connectivity index (χ0v) is 23.7. The lowest BCUT2D eigenvalue weighted by Crippen LogP contribution is -2.31. The predicted molar refractivity (Wildman–Crippen MR) is 157 cm³/mol. The van der Waals surface area contributed by atoms with Gasteiger partial charge in [-0.15, -0.1) is 0 Å². The second kappa shape index (κ2) is 11.7. The maximum absolute atomic E-state index is 13.3. The summed E-state index contributed by atoms with van der Waals surface area (Å²) in [4.78, 5) is 29.7. The standard InChI is InChI=1S/C32H29F3N6O3/c1-18(20-8-5-9-20)37-27-25-28(39-29(38-27)31(43)44)40-30(41(25)17-19-10-12-23(13-11-19)32(33,34)35)24-16-22(14-15-36-24)26(42)21-6-3-2-4-7-21/h2-4,6-7,10-16,18,20,26,42H,5,8-9,17H2,1H3,(H,43,44)(H,37,38,39). The average molecular weight is 603 g/mol. The third-order valence-corrected chi connectivity index (χ3v) is 8.08. The van der Waals surface area contributed by atoms with Crippen LogP contribution in [0.5, 0.6) is 0 Å². The number of nitrogens with one attached hydrogen (secondary N) is 1. The molecule has 0 saturated heterocycles. The van der Waals surface area contributed by atoms with Crippen LogP contribution in [0.1, 0.15) is 65.2 Å². The summed E-state index contributed by atoms with van der Waals surface area (Å²) in [5.74, 6) is -0.822. The molecular weight excluding hydrogens is 573 g/mol. The molecule has 1 saturated carbocycles. The molecule has 2 aromatic carbocycles. The lowest BCUT2D eigenvalue weighted by molar-refractivity contribution is -0.137. The number of carboxylic acids is 1. The number of halogens is 3.